The van der Waals surface area contributed by atoms with Crippen molar-refractivity contribution >= 4 is 12.2 Å². The van der Waals surface area contributed by atoms with Crippen LogP contribution in [0, 0.1) is 18.2 Å². The zero-order valence-corrected chi connectivity index (χ0v) is 14.9. The summed E-state index contributed by atoms with van der Waals surface area (Å²) in [7, 11) is 0. The Morgan fingerprint density at radius 3 is 2.96 bits per heavy atom. The molecule has 6 nitrogen and oxygen atoms in total. The number of rotatable bonds is 3. The summed E-state index contributed by atoms with van der Waals surface area (Å²) >= 11 is 0. The zero-order chi connectivity index (χ0) is 18.8. The summed E-state index contributed by atoms with van der Waals surface area (Å²) in [5.41, 5.74) is 3.73. The van der Waals surface area contributed by atoms with E-state index in [4.69, 9.17) is 5.41 Å². The SMILES string of the molecule is Cc1nc(-c2ccccc2F)c(C(=NC=N)N2CCc3cccnc3C2)[nH]1. The number of imidazole rings is 1. The average molecular weight is 362 g/mol. The molecule has 0 spiro atoms. The number of hydrogen-bond donors (Lipinski definition) is 2. The number of amidine groups is 1. The van der Waals surface area contributed by atoms with Crippen LogP contribution >= 0.6 is 0 Å². The molecule has 27 heavy (non-hydrogen) atoms. The molecule has 0 aliphatic carbocycles. The van der Waals surface area contributed by atoms with Crippen LogP contribution in [0.5, 0.6) is 0 Å². The summed E-state index contributed by atoms with van der Waals surface area (Å²) in [6.45, 7) is 3.14. The van der Waals surface area contributed by atoms with Crippen molar-refractivity contribution in [3.05, 3.63) is 71.2 Å². The summed E-state index contributed by atoms with van der Waals surface area (Å²) < 4.78 is 14.4. The minimum Gasteiger partial charge on any atom is -0.349 e. The number of hydrogen-bond acceptors (Lipinski definition) is 3. The fourth-order valence-electron chi connectivity index (χ4n) is 3.40. The van der Waals surface area contributed by atoms with Crippen molar-refractivity contribution in [3.63, 3.8) is 0 Å². The van der Waals surface area contributed by atoms with E-state index in [0.717, 1.165) is 25.0 Å². The first-order valence-electron chi connectivity index (χ1n) is 8.73. The highest BCUT2D eigenvalue weighted by Crippen LogP contribution is 2.27. The Labute approximate surface area is 156 Å². The third-order valence-electron chi connectivity index (χ3n) is 4.64. The molecule has 0 fully saturated rings. The van der Waals surface area contributed by atoms with Gasteiger partial charge in [0.15, 0.2) is 5.84 Å². The molecule has 7 heteroatoms. The van der Waals surface area contributed by atoms with Gasteiger partial charge >= 0.3 is 0 Å². The van der Waals surface area contributed by atoms with Gasteiger partial charge in [-0.2, -0.15) is 0 Å². The molecule has 0 radical (unpaired) electrons. The Kier molecular flexibility index (Phi) is 4.50. The first kappa shape index (κ1) is 17.1. The maximum Gasteiger partial charge on any atom is 0.156 e. The van der Waals surface area contributed by atoms with E-state index in [1.165, 1.54) is 11.6 Å². The van der Waals surface area contributed by atoms with E-state index in [0.29, 0.717) is 35.2 Å². The van der Waals surface area contributed by atoms with Gasteiger partial charge in [0, 0.05) is 18.3 Å². The van der Waals surface area contributed by atoms with Crippen LogP contribution in [0.4, 0.5) is 4.39 Å². The first-order valence-corrected chi connectivity index (χ1v) is 8.73. The van der Waals surface area contributed by atoms with Gasteiger partial charge in [-0.3, -0.25) is 10.4 Å². The smallest absolute Gasteiger partial charge is 0.156 e. The Bertz CT molecular complexity index is 1020. The van der Waals surface area contributed by atoms with Gasteiger partial charge in [0.25, 0.3) is 0 Å². The number of aromatic amines is 1. The molecule has 0 saturated heterocycles. The molecule has 0 unspecified atom stereocenters. The quantitative estimate of drug-likeness (QED) is 0.554. The van der Waals surface area contributed by atoms with Crippen LogP contribution in [0.2, 0.25) is 0 Å². The van der Waals surface area contributed by atoms with E-state index < -0.39 is 0 Å². The van der Waals surface area contributed by atoms with Gasteiger partial charge in [0.2, 0.25) is 0 Å². The van der Waals surface area contributed by atoms with Crippen molar-refractivity contribution in [2.75, 3.05) is 6.54 Å². The van der Waals surface area contributed by atoms with Crippen LogP contribution in [0.15, 0.2) is 47.6 Å². The van der Waals surface area contributed by atoms with Crippen LogP contribution in [0.25, 0.3) is 11.3 Å². The molecule has 1 aromatic carbocycles. The number of fused-ring (bicyclic) bond motifs is 1. The Hall–Kier alpha value is -3.35. The molecular weight excluding hydrogens is 343 g/mol. The normalized spacial score (nSPS) is 14.1. The highest BCUT2D eigenvalue weighted by Gasteiger charge is 2.26. The third-order valence-corrected chi connectivity index (χ3v) is 4.64. The molecule has 2 aromatic heterocycles. The molecule has 0 atom stereocenters. The summed E-state index contributed by atoms with van der Waals surface area (Å²) in [5.74, 6) is 0.890. The molecule has 0 bridgehead atoms. The number of nitrogens with one attached hydrogen (secondary N) is 2. The molecule has 1 aliphatic rings. The lowest BCUT2D eigenvalue weighted by atomic mass is 10.0. The fourth-order valence-corrected chi connectivity index (χ4v) is 3.40. The van der Waals surface area contributed by atoms with Gasteiger partial charge in [-0.25, -0.2) is 14.4 Å². The van der Waals surface area contributed by atoms with Crippen LogP contribution in [0.3, 0.4) is 0 Å². The van der Waals surface area contributed by atoms with Gasteiger partial charge in [-0.1, -0.05) is 18.2 Å². The standard InChI is InChI=1S/C20H19FN6/c1-13-25-18(15-6-2-3-7-16(15)21)19(26-13)20(24-12-22)27-10-8-14-5-4-9-23-17(14)11-27/h2-7,9,12,22H,8,10-11H2,1H3,(H,25,26). The number of pyridine rings is 1. The molecule has 0 amide bonds. The van der Waals surface area contributed by atoms with Crippen molar-refractivity contribution in [1.82, 2.24) is 19.9 Å². The largest absolute Gasteiger partial charge is 0.349 e. The predicted molar refractivity (Wildman–Crippen MR) is 102 cm³/mol. The van der Waals surface area contributed by atoms with Crippen molar-refractivity contribution in [2.45, 2.75) is 19.9 Å². The van der Waals surface area contributed by atoms with Crippen molar-refractivity contribution in [3.8, 4) is 11.3 Å². The lowest BCUT2D eigenvalue weighted by Crippen LogP contribution is -2.37. The van der Waals surface area contributed by atoms with Gasteiger partial charge in [0.05, 0.1) is 12.2 Å². The van der Waals surface area contributed by atoms with Crippen molar-refractivity contribution in [2.24, 2.45) is 4.99 Å². The number of aryl methyl sites for hydroxylation is 1. The van der Waals surface area contributed by atoms with E-state index in [9.17, 15) is 4.39 Å². The second-order valence-corrected chi connectivity index (χ2v) is 6.39. The molecule has 2 N–H and O–H groups in total. The second-order valence-electron chi connectivity index (χ2n) is 6.39. The Morgan fingerprint density at radius 2 is 2.15 bits per heavy atom. The summed E-state index contributed by atoms with van der Waals surface area (Å²) in [5, 5.41) is 7.51. The van der Waals surface area contributed by atoms with Gasteiger partial charge < -0.3 is 9.88 Å². The highest BCUT2D eigenvalue weighted by molar-refractivity contribution is 6.05. The van der Waals surface area contributed by atoms with E-state index >= 15 is 0 Å². The van der Waals surface area contributed by atoms with E-state index in [2.05, 4.69) is 30.9 Å². The molecule has 3 aromatic rings. The van der Waals surface area contributed by atoms with E-state index in [-0.39, 0.29) is 5.82 Å². The van der Waals surface area contributed by atoms with E-state index in [1.807, 2.05) is 13.0 Å². The third kappa shape index (κ3) is 3.23. The monoisotopic (exact) mass is 362 g/mol. The highest BCUT2D eigenvalue weighted by atomic mass is 19.1. The zero-order valence-electron chi connectivity index (χ0n) is 14.9. The van der Waals surface area contributed by atoms with E-state index in [1.54, 1.807) is 24.4 Å². The lowest BCUT2D eigenvalue weighted by Gasteiger charge is -2.30. The maximum absolute atomic E-state index is 14.4. The summed E-state index contributed by atoms with van der Waals surface area (Å²) in [4.78, 5) is 18.5. The van der Waals surface area contributed by atoms with Crippen LogP contribution in [-0.4, -0.2) is 38.6 Å². The number of H-pyrrole nitrogens is 1. The van der Waals surface area contributed by atoms with Crippen LogP contribution in [-0.2, 0) is 13.0 Å². The molecule has 1 aliphatic heterocycles. The molecule has 4 rings (SSSR count). The molecule has 3 heterocycles. The minimum absolute atomic E-state index is 0.342. The second kappa shape index (κ2) is 7.11. The molecule has 0 saturated carbocycles. The number of nitrogens with zero attached hydrogens (tertiary/aromatic N) is 4. The van der Waals surface area contributed by atoms with Gasteiger partial charge in [-0.05, 0) is 37.1 Å². The Morgan fingerprint density at radius 1 is 1.30 bits per heavy atom. The topological polar surface area (TPSA) is 81.0 Å². The van der Waals surface area contributed by atoms with Crippen LogP contribution < -0.4 is 0 Å². The average Bonchev–Trinajstić information content (AvgIpc) is 3.07. The van der Waals surface area contributed by atoms with Crippen molar-refractivity contribution in [1.29, 1.82) is 5.41 Å². The minimum atomic E-state index is -0.342. The van der Waals surface area contributed by atoms with Crippen LogP contribution in [0.1, 0.15) is 22.8 Å². The number of benzene rings is 1. The molecular formula is C20H19FN6. The lowest BCUT2D eigenvalue weighted by molar-refractivity contribution is 0.387. The Balaban J connectivity index is 1.78. The summed E-state index contributed by atoms with van der Waals surface area (Å²) in [6.07, 6.45) is 3.62. The maximum atomic E-state index is 14.4. The van der Waals surface area contributed by atoms with Crippen molar-refractivity contribution < 1.29 is 4.39 Å². The summed E-state index contributed by atoms with van der Waals surface area (Å²) in [6, 6.07) is 10.6. The van der Waals surface area contributed by atoms with Gasteiger partial charge in [0.1, 0.15) is 29.4 Å². The first-order chi connectivity index (χ1) is 13.2. The fraction of sp³-hybridized carbons (Fsp3) is 0.200. The number of aromatic nitrogens is 3. The predicted octanol–water partition coefficient (Wildman–Crippen LogP) is 3.33. The number of halogens is 1. The number of aliphatic imine (C=N–C) groups is 1. The van der Waals surface area contributed by atoms with Gasteiger partial charge in [-0.15, -0.1) is 0 Å². The molecule has 136 valence electrons.